The first-order chi connectivity index (χ1) is 11.2. The summed E-state index contributed by atoms with van der Waals surface area (Å²) in [6.07, 6.45) is -0.683. The van der Waals surface area contributed by atoms with Crippen LogP contribution in [0.25, 0.3) is 0 Å². The van der Waals surface area contributed by atoms with Gasteiger partial charge in [-0.1, -0.05) is 18.2 Å². The van der Waals surface area contributed by atoms with Crippen molar-refractivity contribution >= 4 is 11.8 Å². The minimum Gasteiger partial charge on any atom is -0.423 e. The molecule has 0 fully saturated rings. The number of hydrogen-bond donors (Lipinski definition) is 1. The molecule has 0 bridgehead atoms. The highest BCUT2D eigenvalue weighted by atomic mass is 16.5. The van der Waals surface area contributed by atoms with E-state index in [0.29, 0.717) is 23.5 Å². The Bertz CT molecular complexity index is 652. The first-order valence-electron chi connectivity index (χ1n) is 7.36. The smallest absolute Gasteiger partial charge is 0.343 e. The maximum absolute atomic E-state index is 12.2. The van der Waals surface area contributed by atoms with E-state index in [4.69, 9.17) is 9.47 Å². The number of likely N-dealkylation sites (N-methyl/N-ethyl adjacent to an activating group) is 1. The minimum atomic E-state index is -0.683. The number of esters is 1. The first-order valence-corrected chi connectivity index (χ1v) is 7.36. The van der Waals surface area contributed by atoms with Gasteiger partial charge in [0.2, 0.25) is 5.78 Å². The molecule has 0 spiro atoms. The number of carbonyl (C=O) groups excluding carboxylic acids is 2. The van der Waals surface area contributed by atoms with Crippen molar-refractivity contribution in [2.45, 2.75) is 13.2 Å². The number of ketones is 1. The molecule has 2 aromatic carbocycles. The van der Waals surface area contributed by atoms with Gasteiger partial charge in [-0.15, -0.1) is 0 Å². The second-order valence-corrected chi connectivity index (χ2v) is 4.77. The topological polar surface area (TPSA) is 64.6 Å². The Kier molecular flexibility index (Phi) is 6.02. The molecule has 5 nitrogen and oxygen atoms in total. The van der Waals surface area contributed by atoms with Crippen LogP contribution in [0.15, 0.2) is 54.6 Å². The van der Waals surface area contributed by atoms with Gasteiger partial charge in [0, 0.05) is 12.2 Å². The second kappa shape index (κ2) is 8.22. The average molecular weight is 313 g/mol. The van der Waals surface area contributed by atoms with Gasteiger partial charge in [0.1, 0.15) is 5.75 Å². The molecule has 0 aliphatic heterocycles. The number of nitrogens with one attached hydrogen (secondary N) is 1. The molecule has 2 rings (SSSR count). The van der Waals surface area contributed by atoms with Crippen molar-refractivity contribution in [2.75, 3.05) is 13.7 Å². The molecule has 0 aliphatic carbocycles. The number of hydrogen-bond acceptors (Lipinski definition) is 5. The summed E-state index contributed by atoms with van der Waals surface area (Å²) in [6, 6.07) is 15.1. The Morgan fingerprint density at radius 2 is 1.65 bits per heavy atom. The number of benzene rings is 2. The van der Waals surface area contributed by atoms with Gasteiger partial charge in [0.15, 0.2) is 6.23 Å². The number of ether oxygens (including phenoxy) is 2. The maximum Gasteiger partial charge on any atom is 0.343 e. The van der Waals surface area contributed by atoms with Crippen LogP contribution in [-0.2, 0) is 4.74 Å². The Morgan fingerprint density at radius 3 is 2.22 bits per heavy atom. The molecule has 1 atom stereocenters. The summed E-state index contributed by atoms with van der Waals surface area (Å²) in [4.78, 5) is 24.2. The summed E-state index contributed by atoms with van der Waals surface area (Å²) < 4.78 is 10.6. The van der Waals surface area contributed by atoms with Gasteiger partial charge in [0.05, 0.1) is 5.56 Å². The highest BCUT2D eigenvalue weighted by Crippen LogP contribution is 2.15. The molecular weight excluding hydrogens is 294 g/mol. The van der Waals surface area contributed by atoms with E-state index in [1.807, 2.05) is 13.0 Å². The van der Waals surface area contributed by atoms with Gasteiger partial charge in [0.25, 0.3) is 0 Å². The quantitative estimate of drug-likeness (QED) is 0.368. The standard InChI is InChI=1S/C18H19NO4/c1-3-22-17(19-2)16(20)13-9-11-15(12-10-13)23-18(21)14-7-5-4-6-8-14/h4-12,17,19H,3H2,1-2H3. The molecule has 0 aliphatic rings. The zero-order valence-corrected chi connectivity index (χ0v) is 13.1. The van der Waals surface area contributed by atoms with Gasteiger partial charge in [-0.2, -0.15) is 0 Å². The second-order valence-electron chi connectivity index (χ2n) is 4.77. The molecule has 1 N–H and O–H groups in total. The highest BCUT2D eigenvalue weighted by molar-refractivity contribution is 5.99. The maximum atomic E-state index is 12.2. The lowest BCUT2D eigenvalue weighted by molar-refractivity contribution is 0.0356. The average Bonchev–Trinajstić information content (AvgIpc) is 2.60. The lowest BCUT2D eigenvalue weighted by Crippen LogP contribution is -2.36. The van der Waals surface area contributed by atoms with E-state index in [9.17, 15) is 9.59 Å². The zero-order chi connectivity index (χ0) is 16.7. The van der Waals surface area contributed by atoms with Crippen molar-refractivity contribution in [2.24, 2.45) is 0 Å². The summed E-state index contributed by atoms with van der Waals surface area (Å²) in [5, 5.41) is 2.81. The molecule has 0 aromatic heterocycles. The predicted octanol–water partition coefficient (Wildman–Crippen LogP) is 2.67. The molecule has 5 heteroatoms. The Balaban J connectivity index is 2.05. The lowest BCUT2D eigenvalue weighted by atomic mass is 10.1. The first kappa shape index (κ1) is 16.9. The van der Waals surface area contributed by atoms with Gasteiger partial charge in [-0.25, -0.2) is 4.79 Å². The number of carbonyl (C=O) groups is 2. The van der Waals surface area contributed by atoms with Crippen molar-refractivity contribution in [3.05, 3.63) is 65.7 Å². The van der Waals surface area contributed by atoms with Crippen LogP contribution in [0.3, 0.4) is 0 Å². The van der Waals surface area contributed by atoms with Crippen molar-refractivity contribution < 1.29 is 19.1 Å². The van der Waals surface area contributed by atoms with E-state index in [-0.39, 0.29) is 5.78 Å². The molecular formula is C18H19NO4. The monoisotopic (exact) mass is 313 g/mol. The fourth-order valence-electron chi connectivity index (χ4n) is 2.04. The summed E-state index contributed by atoms with van der Waals surface area (Å²) >= 11 is 0. The van der Waals surface area contributed by atoms with Gasteiger partial charge in [-0.05, 0) is 50.4 Å². The lowest BCUT2D eigenvalue weighted by Gasteiger charge is -2.14. The van der Waals surface area contributed by atoms with Crippen LogP contribution in [-0.4, -0.2) is 31.6 Å². The summed E-state index contributed by atoms with van der Waals surface area (Å²) in [5.74, 6) is -0.227. The third-order valence-electron chi connectivity index (χ3n) is 3.19. The molecule has 120 valence electrons. The number of rotatable bonds is 7. The highest BCUT2D eigenvalue weighted by Gasteiger charge is 2.18. The molecule has 2 aromatic rings. The van der Waals surface area contributed by atoms with Crippen LogP contribution in [0.1, 0.15) is 27.6 Å². The molecule has 1 unspecified atom stereocenters. The van der Waals surface area contributed by atoms with Crippen LogP contribution >= 0.6 is 0 Å². The van der Waals surface area contributed by atoms with Crippen LogP contribution in [0.4, 0.5) is 0 Å². The van der Waals surface area contributed by atoms with Crippen molar-refractivity contribution in [3.63, 3.8) is 0 Å². The van der Waals surface area contributed by atoms with Crippen LogP contribution in [0.2, 0.25) is 0 Å². The molecule has 0 amide bonds. The van der Waals surface area contributed by atoms with Crippen molar-refractivity contribution in [1.29, 1.82) is 0 Å². The Labute approximate surface area is 135 Å². The van der Waals surface area contributed by atoms with Crippen molar-refractivity contribution in [3.8, 4) is 5.75 Å². The predicted molar refractivity (Wildman–Crippen MR) is 86.6 cm³/mol. The number of Topliss-reactive ketones (excluding diaryl/α,β-unsaturated/α-hetero) is 1. The van der Waals surface area contributed by atoms with E-state index < -0.39 is 12.2 Å². The molecule has 0 radical (unpaired) electrons. The molecule has 0 saturated heterocycles. The zero-order valence-electron chi connectivity index (χ0n) is 13.1. The fraction of sp³-hybridized carbons (Fsp3) is 0.222. The molecule has 23 heavy (non-hydrogen) atoms. The van der Waals surface area contributed by atoms with Crippen LogP contribution < -0.4 is 10.1 Å². The van der Waals surface area contributed by atoms with Crippen molar-refractivity contribution in [1.82, 2.24) is 5.32 Å². The normalized spacial score (nSPS) is 11.7. The summed E-state index contributed by atoms with van der Waals surface area (Å²) in [6.45, 7) is 2.26. The van der Waals surface area contributed by atoms with Gasteiger partial charge in [-0.3, -0.25) is 10.1 Å². The van der Waals surface area contributed by atoms with E-state index in [0.717, 1.165) is 0 Å². The van der Waals surface area contributed by atoms with Gasteiger partial charge >= 0.3 is 5.97 Å². The third-order valence-corrected chi connectivity index (χ3v) is 3.19. The summed E-state index contributed by atoms with van der Waals surface area (Å²) in [5.41, 5.74) is 0.955. The largest absolute Gasteiger partial charge is 0.423 e. The van der Waals surface area contributed by atoms with E-state index in [2.05, 4.69) is 5.32 Å². The summed E-state index contributed by atoms with van der Waals surface area (Å²) in [7, 11) is 1.66. The molecule has 0 saturated carbocycles. The van der Waals surface area contributed by atoms with E-state index in [1.165, 1.54) is 0 Å². The SMILES string of the molecule is CCOC(NC)C(=O)c1ccc(OC(=O)c2ccccc2)cc1. The Morgan fingerprint density at radius 1 is 1.00 bits per heavy atom. The van der Waals surface area contributed by atoms with Crippen LogP contribution in [0, 0.1) is 0 Å². The van der Waals surface area contributed by atoms with Crippen LogP contribution in [0.5, 0.6) is 5.75 Å². The van der Waals surface area contributed by atoms with E-state index >= 15 is 0 Å². The minimum absolute atomic E-state index is 0.171. The molecule has 0 heterocycles. The third kappa shape index (κ3) is 4.48. The van der Waals surface area contributed by atoms with E-state index in [1.54, 1.807) is 55.6 Å². The fourth-order valence-corrected chi connectivity index (χ4v) is 2.04. The Hall–Kier alpha value is -2.50. The van der Waals surface area contributed by atoms with Gasteiger partial charge < -0.3 is 9.47 Å².